The Morgan fingerprint density at radius 3 is 2.55 bits per heavy atom. The first-order valence-electron chi connectivity index (χ1n) is 10.6. The number of β-lactam (4-membered cyclic amide) rings is 1. The number of carboxylic acid groups (broad SMARTS) is 1. The number of piperidine rings is 1. The molecule has 0 aromatic carbocycles. The van der Waals surface area contributed by atoms with Crippen LogP contribution in [0.15, 0.2) is 10.6 Å². The number of carboxylic acids is 1. The summed E-state index contributed by atoms with van der Waals surface area (Å²) in [4.78, 5) is 31.5. The second-order valence-corrected chi connectivity index (χ2v) is 10.4. The monoisotopic (exact) mass is 424 g/mol. The van der Waals surface area contributed by atoms with Crippen molar-refractivity contribution in [3.05, 3.63) is 10.6 Å². The van der Waals surface area contributed by atoms with Crippen molar-refractivity contribution >= 4 is 23.6 Å². The van der Waals surface area contributed by atoms with Gasteiger partial charge >= 0.3 is 5.97 Å². The molecular formula is C20H32N4O4S. The van der Waals surface area contributed by atoms with E-state index >= 15 is 0 Å². The van der Waals surface area contributed by atoms with Crippen molar-refractivity contribution in [2.45, 2.75) is 62.7 Å². The van der Waals surface area contributed by atoms with Crippen LogP contribution in [0.1, 0.15) is 33.1 Å². The highest BCUT2D eigenvalue weighted by Gasteiger charge is 2.60. The lowest BCUT2D eigenvalue weighted by molar-refractivity contribution is -0.163. The van der Waals surface area contributed by atoms with E-state index in [4.69, 9.17) is 5.73 Å². The third kappa shape index (κ3) is 3.50. The van der Waals surface area contributed by atoms with Crippen LogP contribution < -0.4 is 5.73 Å². The van der Waals surface area contributed by atoms with Gasteiger partial charge in [0.25, 0.3) is 0 Å². The molecule has 162 valence electrons. The van der Waals surface area contributed by atoms with Gasteiger partial charge < -0.3 is 20.8 Å². The zero-order chi connectivity index (χ0) is 21.0. The molecule has 29 heavy (non-hydrogen) atoms. The number of amides is 1. The van der Waals surface area contributed by atoms with Gasteiger partial charge in [-0.1, -0.05) is 6.92 Å². The van der Waals surface area contributed by atoms with Crippen LogP contribution in [0.2, 0.25) is 0 Å². The number of hydrogen-bond donors (Lipinski definition) is 3. The minimum atomic E-state index is -1.05. The predicted octanol–water partition coefficient (Wildman–Crippen LogP) is 0.327. The summed E-state index contributed by atoms with van der Waals surface area (Å²) in [5.41, 5.74) is 6.17. The normalized spacial score (nSPS) is 37.8. The van der Waals surface area contributed by atoms with E-state index in [0.717, 1.165) is 43.8 Å². The number of carbonyl (C=O) groups excluding carboxylic acids is 1. The summed E-state index contributed by atoms with van der Waals surface area (Å²) >= 11 is 1.62. The van der Waals surface area contributed by atoms with E-state index in [2.05, 4.69) is 16.8 Å². The van der Waals surface area contributed by atoms with Gasteiger partial charge in [-0.15, -0.1) is 11.8 Å². The predicted molar refractivity (Wildman–Crippen MR) is 111 cm³/mol. The third-order valence-corrected chi connectivity index (χ3v) is 8.57. The van der Waals surface area contributed by atoms with E-state index in [-0.39, 0.29) is 28.8 Å². The number of carbonyl (C=O) groups is 2. The molecule has 4 aliphatic rings. The molecular weight excluding hydrogens is 392 g/mol. The van der Waals surface area contributed by atoms with Gasteiger partial charge in [-0.3, -0.25) is 14.6 Å². The van der Waals surface area contributed by atoms with Gasteiger partial charge in [0.2, 0.25) is 5.91 Å². The number of rotatable bonds is 5. The highest BCUT2D eigenvalue weighted by atomic mass is 32.2. The molecule has 0 aromatic rings. The lowest BCUT2D eigenvalue weighted by atomic mass is 9.79. The molecule has 0 spiro atoms. The fourth-order valence-corrected chi connectivity index (χ4v) is 7.11. The first-order chi connectivity index (χ1) is 13.7. The SMILES string of the molecule is C[C@@H](O)[C@H]1C(=O)N2C(C(=O)O)=C(S[C@H]3C[C@H](N4CCC(N)CC4)N(C)C3)[C@H](C)[C@H]12. The lowest BCUT2D eigenvalue weighted by Gasteiger charge is -2.46. The molecule has 9 heteroatoms. The molecule has 4 rings (SSSR count). The number of likely N-dealkylation sites (tertiary alicyclic amines) is 2. The van der Waals surface area contributed by atoms with Crippen LogP contribution in [0.3, 0.4) is 0 Å². The van der Waals surface area contributed by atoms with Gasteiger partial charge in [0.05, 0.1) is 24.2 Å². The lowest BCUT2D eigenvalue weighted by Crippen LogP contribution is -2.63. The molecule has 3 saturated heterocycles. The largest absolute Gasteiger partial charge is 0.477 e. The number of aliphatic hydroxyl groups excluding tert-OH is 1. The maximum Gasteiger partial charge on any atom is 0.353 e. The summed E-state index contributed by atoms with van der Waals surface area (Å²) in [5.74, 6) is -1.89. The number of hydrogen-bond acceptors (Lipinski definition) is 7. The third-order valence-electron chi connectivity index (χ3n) is 7.07. The summed E-state index contributed by atoms with van der Waals surface area (Å²) in [6.45, 7) is 6.50. The molecule has 0 saturated carbocycles. The topological polar surface area (TPSA) is 110 Å². The summed E-state index contributed by atoms with van der Waals surface area (Å²) in [7, 11) is 2.13. The van der Waals surface area contributed by atoms with Crippen LogP contribution in [0.25, 0.3) is 0 Å². The summed E-state index contributed by atoms with van der Waals surface area (Å²) in [6, 6.07) is 0.0595. The number of aliphatic hydroxyl groups is 1. The van der Waals surface area contributed by atoms with Gasteiger partial charge in [0.1, 0.15) is 5.70 Å². The molecule has 4 N–H and O–H groups in total. The minimum Gasteiger partial charge on any atom is -0.477 e. The minimum absolute atomic E-state index is 0.0688. The number of thioether (sulfide) groups is 1. The Labute approximate surface area is 176 Å². The Hall–Kier alpha value is -1.13. The highest BCUT2D eigenvalue weighted by Crippen LogP contribution is 2.52. The first-order valence-corrected chi connectivity index (χ1v) is 11.4. The molecule has 4 heterocycles. The van der Waals surface area contributed by atoms with Crippen molar-refractivity contribution in [1.29, 1.82) is 0 Å². The molecule has 0 bridgehead atoms. The Balaban J connectivity index is 1.49. The fourth-order valence-electron chi connectivity index (χ4n) is 5.52. The van der Waals surface area contributed by atoms with Gasteiger partial charge in [0.15, 0.2) is 0 Å². The van der Waals surface area contributed by atoms with Crippen LogP contribution in [0.4, 0.5) is 0 Å². The molecule has 6 atom stereocenters. The molecule has 0 unspecified atom stereocenters. The van der Waals surface area contributed by atoms with E-state index in [1.807, 2.05) is 6.92 Å². The average Bonchev–Trinajstić information content (AvgIpc) is 3.12. The van der Waals surface area contributed by atoms with Crippen molar-refractivity contribution in [2.24, 2.45) is 17.6 Å². The second-order valence-electron chi connectivity index (χ2n) is 9.04. The number of aliphatic carboxylic acids is 1. The van der Waals surface area contributed by atoms with Crippen LogP contribution in [0, 0.1) is 11.8 Å². The van der Waals surface area contributed by atoms with Crippen LogP contribution in [-0.2, 0) is 9.59 Å². The molecule has 0 radical (unpaired) electrons. The van der Waals surface area contributed by atoms with Crippen LogP contribution >= 0.6 is 11.8 Å². The number of nitrogens with zero attached hydrogens (tertiary/aromatic N) is 3. The first kappa shape index (κ1) is 21.1. The molecule has 4 aliphatic heterocycles. The van der Waals surface area contributed by atoms with E-state index in [1.165, 1.54) is 4.90 Å². The standard InChI is InChI=1S/C20H32N4O4S/c1-10-16-15(11(2)25)19(26)24(16)17(20(27)28)18(10)29-13-8-14(22(3)9-13)23-6-4-12(21)5-7-23/h10-16,25H,4-9,21H2,1-3H3,(H,27,28)/t10-,11-,13+,14+,15-,16-/m1/s1. The quantitative estimate of drug-likeness (QED) is 0.542. The zero-order valence-electron chi connectivity index (χ0n) is 17.3. The maximum atomic E-state index is 12.5. The van der Waals surface area contributed by atoms with E-state index in [1.54, 1.807) is 18.7 Å². The molecule has 3 fully saturated rings. The van der Waals surface area contributed by atoms with Gasteiger partial charge in [-0.05, 0) is 33.2 Å². The van der Waals surface area contributed by atoms with Crippen LogP contribution in [-0.4, -0.2) is 93.1 Å². The molecule has 0 aromatic heterocycles. The Morgan fingerprint density at radius 2 is 1.97 bits per heavy atom. The van der Waals surface area contributed by atoms with E-state index in [0.29, 0.717) is 12.2 Å². The average molecular weight is 425 g/mol. The highest BCUT2D eigenvalue weighted by molar-refractivity contribution is 8.03. The van der Waals surface area contributed by atoms with E-state index < -0.39 is 18.0 Å². The molecule has 1 amide bonds. The zero-order valence-corrected chi connectivity index (χ0v) is 18.1. The van der Waals surface area contributed by atoms with Crippen molar-refractivity contribution in [1.82, 2.24) is 14.7 Å². The molecule has 0 aliphatic carbocycles. The Kier molecular flexibility index (Phi) is 5.71. The Bertz CT molecular complexity index is 721. The second kappa shape index (κ2) is 7.85. The summed E-state index contributed by atoms with van der Waals surface area (Å²) in [6.07, 6.45) is 2.60. The Morgan fingerprint density at radius 1 is 1.31 bits per heavy atom. The fraction of sp³-hybridized carbons (Fsp3) is 0.800. The number of nitrogens with two attached hydrogens (primary N) is 1. The summed E-state index contributed by atoms with van der Waals surface area (Å²) in [5, 5.41) is 20.1. The smallest absolute Gasteiger partial charge is 0.353 e. The van der Waals surface area contributed by atoms with Crippen molar-refractivity contribution in [3.8, 4) is 0 Å². The molecule has 8 nitrogen and oxygen atoms in total. The van der Waals surface area contributed by atoms with Gasteiger partial charge in [-0.25, -0.2) is 4.79 Å². The van der Waals surface area contributed by atoms with Crippen molar-refractivity contribution < 1.29 is 19.8 Å². The number of fused-ring (bicyclic) bond motifs is 1. The maximum absolute atomic E-state index is 12.5. The van der Waals surface area contributed by atoms with Crippen molar-refractivity contribution in [3.63, 3.8) is 0 Å². The van der Waals surface area contributed by atoms with Gasteiger partial charge in [0, 0.05) is 41.7 Å². The van der Waals surface area contributed by atoms with Crippen LogP contribution in [0.5, 0.6) is 0 Å². The van der Waals surface area contributed by atoms with Crippen molar-refractivity contribution in [2.75, 3.05) is 26.7 Å². The summed E-state index contributed by atoms with van der Waals surface area (Å²) < 4.78 is 0. The van der Waals surface area contributed by atoms with E-state index in [9.17, 15) is 19.8 Å². The van der Waals surface area contributed by atoms with Gasteiger partial charge in [-0.2, -0.15) is 0 Å².